The van der Waals surface area contributed by atoms with Gasteiger partial charge >= 0.3 is 11.8 Å². The third-order valence-electron chi connectivity index (χ3n) is 4.29. The number of rotatable bonds is 6. The number of ether oxygens (including phenoxy) is 2. The fourth-order valence-electron chi connectivity index (χ4n) is 2.79. The molecule has 0 amide bonds. The number of aryl methyl sites for hydroxylation is 1. The van der Waals surface area contributed by atoms with E-state index in [9.17, 15) is 14.7 Å². The predicted molar refractivity (Wildman–Crippen MR) is 108 cm³/mol. The highest BCUT2D eigenvalue weighted by molar-refractivity contribution is 9.10. The number of aliphatic hydroxyl groups is 1. The van der Waals surface area contributed by atoms with Crippen LogP contribution in [0.4, 0.5) is 5.69 Å². The van der Waals surface area contributed by atoms with Crippen LogP contribution in [0.3, 0.4) is 0 Å². The molecule has 28 heavy (non-hydrogen) atoms. The van der Waals surface area contributed by atoms with Gasteiger partial charge in [-0.25, -0.2) is 4.79 Å². The van der Waals surface area contributed by atoms with Crippen LogP contribution < -0.4 is 5.32 Å². The minimum Gasteiger partial charge on any atom is -0.464 e. The number of esters is 1. The second-order valence-electron chi connectivity index (χ2n) is 6.37. The van der Waals surface area contributed by atoms with Gasteiger partial charge < -0.3 is 19.9 Å². The van der Waals surface area contributed by atoms with Crippen molar-refractivity contribution in [2.24, 2.45) is 0 Å². The van der Waals surface area contributed by atoms with Crippen molar-refractivity contribution >= 4 is 39.1 Å². The highest BCUT2D eigenvalue weighted by Gasteiger charge is 2.54. The number of carbonyl (C=O) groups is 2. The summed E-state index contributed by atoms with van der Waals surface area (Å²) >= 11 is 3.34. The van der Waals surface area contributed by atoms with Crippen LogP contribution in [-0.4, -0.2) is 35.3 Å². The third kappa shape index (κ3) is 4.10. The Bertz CT molecular complexity index is 907. The first-order chi connectivity index (χ1) is 13.3. The molecular weight excluding hydrogens is 426 g/mol. The molecule has 146 valence electrons. The maximum absolute atomic E-state index is 12.6. The normalized spacial score (nSPS) is 19.6. The Labute approximate surface area is 171 Å². The van der Waals surface area contributed by atoms with Crippen molar-refractivity contribution in [3.05, 3.63) is 70.2 Å². The van der Waals surface area contributed by atoms with E-state index in [1.165, 1.54) is 6.08 Å². The number of hydrogen-bond donors (Lipinski definition) is 2. The summed E-state index contributed by atoms with van der Waals surface area (Å²) in [6.07, 6.45) is 1.19. The SMILES string of the molecule is CCOC(=O)[C@@H](Nc1ccc(C)cc1)[C@]1(O)OC(c2ccc(Br)cc2)=CC1=O. The summed E-state index contributed by atoms with van der Waals surface area (Å²) in [5.41, 5.74) is 2.18. The Hall–Kier alpha value is -2.64. The van der Waals surface area contributed by atoms with E-state index in [2.05, 4.69) is 21.2 Å². The maximum atomic E-state index is 12.6. The summed E-state index contributed by atoms with van der Waals surface area (Å²) < 4.78 is 11.5. The zero-order chi connectivity index (χ0) is 20.3. The van der Waals surface area contributed by atoms with Crippen LogP contribution in [0.5, 0.6) is 0 Å². The Morgan fingerprint density at radius 2 is 1.86 bits per heavy atom. The van der Waals surface area contributed by atoms with Gasteiger partial charge in [-0.15, -0.1) is 0 Å². The topological polar surface area (TPSA) is 84.9 Å². The van der Waals surface area contributed by atoms with Gasteiger partial charge in [0.05, 0.1) is 6.61 Å². The third-order valence-corrected chi connectivity index (χ3v) is 4.81. The summed E-state index contributed by atoms with van der Waals surface area (Å²) in [4.78, 5) is 25.2. The van der Waals surface area contributed by atoms with Gasteiger partial charge in [0.15, 0.2) is 6.04 Å². The summed E-state index contributed by atoms with van der Waals surface area (Å²) in [5, 5.41) is 13.9. The second kappa shape index (κ2) is 8.16. The van der Waals surface area contributed by atoms with Crippen LogP contribution in [0.15, 0.2) is 59.1 Å². The van der Waals surface area contributed by atoms with Crippen molar-refractivity contribution in [3.8, 4) is 0 Å². The number of carbonyl (C=O) groups excluding carboxylic acids is 2. The molecule has 3 rings (SSSR count). The first-order valence-corrected chi connectivity index (χ1v) is 9.56. The predicted octanol–water partition coefficient (Wildman–Crippen LogP) is 3.43. The minimum atomic E-state index is -2.42. The van der Waals surface area contributed by atoms with E-state index in [4.69, 9.17) is 9.47 Å². The Balaban J connectivity index is 1.90. The molecule has 0 aliphatic carbocycles. The molecule has 6 nitrogen and oxygen atoms in total. The Morgan fingerprint density at radius 3 is 2.46 bits per heavy atom. The quantitative estimate of drug-likeness (QED) is 0.662. The molecule has 0 bridgehead atoms. The molecule has 0 aromatic heterocycles. The average Bonchev–Trinajstić information content (AvgIpc) is 2.97. The van der Waals surface area contributed by atoms with Crippen LogP contribution in [0.1, 0.15) is 18.1 Å². The summed E-state index contributed by atoms with van der Waals surface area (Å²) in [6, 6.07) is 12.8. The Morgan fingerprint density at radius 1 is 1.21 bits per heavy atom. The summed E-state index contributed by atoms with van der Waals surface area (Å²) in [7, 11) is 0. The lowest BCUT2D eigenvalue weighted by Gasteiger charge is -2.30. The molecule has 2 aromatic carbocycles. The van der Waals surface area contributed by atoms with Crippen molar-refractivity contribution < 1.29 is 24.2 Å². The largest absolute Gasteiger partial charge is 0.464 e. The summed E-state index contributed by atoms with van der Waals surface area (Å²) in [6.45, 7) is 3.67. The number of ketones is 1. The monoisotopic (exact) mass is 445 g/mol. The molecule has 0 unspecified atom stereocenters. The van der Waals surface area contributed by atoms with E-state index in [0.29, 0.717) is 11.3 Å². The fraction of sp³-hybridized carbons (Fsp3) is 0.238. The van der Waals surface area contributed by atoms with Gasteiger partial charge in [0.2, 0.25) is 5.78 Å². The molecule has 2 N–H and O–H groups in total. The molecular formula is C21H20BrNO5. The van der Waals surface area contributed by atoms with Crippen molar-refractivity contribution in [2.75, 3.05) is 11.9 Å². The lowest BCUT2D eigenvalue weighted by molar-refractivity contribution is -0.186. The fourth-order valence-corrected chi connectivity index (χ4v) is 3.05. The van der Waals surface area contributed by atoms with Gasteiger partial charge in [-0.3, -0.25) is 4.79 Å². The van der Waals surface area contributed by atoms with E-state index < -0.39 is 23.6 Å². The molecule has 0 saturated heterocycles. The molecule has 0 saturated carbocycles. The van der Waals surface area contributed by atoms with Gasteiger partial charge in [-0.1, -0.05) is 45.8 Å². The lowest BCUT2D eigenvalue weighted by atomic mass is 10.0. The molecule has 1 aliphatic heterocycles. The number of halogens is 1. The molecule has 7 heteroatoms. The van der Waals surface area contributed by atoms with Crippen LogP contribution in [0, 0.1) is 6.92 Å². The van der Waals surface area contributed by atoms with Gasteiger partial charge in [0, 0.05) is 21.8 Å². The van der Waals surface area contributed by atoms with Crippen LogP contribution >= 0.6 is 15.9 Å². The maximum Gasteiger partial charge on any atom is 0.336 e. The average molecular weight is 446 g/mol. The minimum absolute atomic E-state index is 0.0994. The van der Waals surface area contributed by atoms with Gasteiger partial charge in [0.1, 0.15) is 5.76 Å². The second-order valence-corrected chi connectivity index (χ2v) is 7.29. The van der Waals surface area contributed by atoms with E-state index in [1.54, 1.807) is 43.3 Å². The van der Waals surface area contributed by atoms with E-state index in [-0.39, 0.29) is 12.4 Å². The molecule has 1 heterocycles. The van der Waals surface area contributed by atoms with Crippen LogP contribution in [0.2, 0.25) is 0 Å². The molecule has 0 spiro atoms. The van der Waals surface area contributed by atoms with Crippen LogP contribution in [0.25, 0.3) is 5.76 Å². The number of nitrogens with one attached hydrogen (secondary N) is 1. The van der Waals surface area contributed by atoms with Gasteiger partial charge in [0.25, 0.3) is 0 Å². The van der Waals surface area contributed by atoms with Crippen molar-refractivity contribution in [2.45, 2.75) is 25.7 Å². The highest BCUT2D eigenvalue weighted by Crippen LogP contribution is 2.34. The number of hydrogen-bond acceptors (Lipinski definition) is 6. The van der Waals surface area contributed by atoms with Crippen molar-refractivity contribution in [1.29, 1.82) is 0 Å². The van der Waals surface area contributed by atoms with Crippen molar-refractivity contribution in [3.63, 3.8) is 0 Å². The van der Waals surface area contributed by atoms with E-state index in [0.717, 1.165) is 10.0 Å². The first-order valence-electron chi connectivity index (χ1n) is 8.77. The highest BCUT2D eigenvalue weighted by atomic mass is 79.9. The van der Waals surface area contributed by atoms with E-state index in [1.807, 2.05) is 19.1 Å². The molecule has 1 aliphatic rings. The first kappa shape index (κ1) is 20.1. The van der Waals surface area contributed by atoms with Crippen LogP contribution in [-0.2, 0) is 19.1 Å². The van der Waals surface area contributed by atoms with Gasteiger partial charge in [-0.05, 0) is 38.1 Å². The van der Waals surface area contributed by atoms with Crippen molar-refractivity contribution in [1.82, 2.24) is 0 Å². The molecule has 0 radical (unpaired) electrons. The summed E-state index contributed by atoms with van der Waals surface area (Å²) in [5.74, 6) is -3.76. The van der Waals surface area contributed by atoms with Gasteiger partial charge in [-0.2, -0.15) is 0 Å². The number of anilines is 1. The zero-order valence-electron chi connectivity index (χ0n) is 15.4. The zero-order valence-corrected chi connectivity index (χ0v) is 17.0. The lowest BCUT2D eigenvalue weighted by Crippen LogP contribution is -2.56. The molecule has 0 fully saturated rings. The smallest absolute Gasteiger partial charge is 0.336 e. The van der Waals surface area contributed by atoms with E-state index >= 15 is 0 Å². The molecule has 2 atom stereocenters. The molecule has 2 aromatic rings. The number of benzene rings is 2. The standard InChI is InChI=1S/C21H20BrNO5/c1-3-27-20(25)19(23-16-10-4-13(2)5-11-16)21(26)18(24)12-17(28-21)14-6-8-15(22)9-7-14/h4-12,19,23,26H,3H2,1-2H3/t19-,21-/m1/s1. The Kier molecular flexibility index (Phi) is 5.86.